The lowest BCUT2D eigenvalue weighted by Crippen LogP contribution is -2.33. The first-order chi connectivity index (χ1) is 13.8. The largest absolute Gasteiger partial charge is 0.395 e. The summed E-state index contributed by atoms with van der Waals surface area (Å²) in [6.07, 6.45) is 0. The number of fused-ring (bicyclic) bond motifs is 1. The SMILES string of the molecule is CN(CCO)C(=O)Nc1ccc2c(c1Cl)C(c1ccccc1F)=NCC(=O)N2C. The zero-order chi connectivity index (χ0) is 21.1. The van der Waals surface area contributed by atoms with E-state index in [0.29, 0.717) is 11.3 Å². The van der Waals surface area contributed by atoms with E-state index in [9.17, 15) is 14.0 Å². The first kappa shape index (κ1) is 20.8. The second-order valence-corrected chi connectivity index (χ2v) is 6.87. The molecule has 1 aliphatic rings. The number of aliphatic hydroxyl groups excluding tert-OH is 1. The molecule has 2 aromatic carbocycles. The number of amides is 3. The zero-order valence-corrected chi connectivity index (χ0v) is 16.7. The zero-order valence-electron chi connectivity index (χ0n) is 15.9. The van der Waals surface area contributed by atoms with E-state index in [-0.39, 0.29) is 47.6 Å². The van der Waals surface area contributed by atoms with E-state index in [0.717, 1.165) is 0 Å². The summed E-state index contributed by atoms with van der Waals surface area (Å²) in [7, 11) is 3.12. The van der Waals surface area contributed by atoms with Crippen molar-refractivity contribution in [2.24, 2.45) is 4.99 Å². The van der Waals surface area contributed by atoms with E-state index in [2.05, 4.69) is 10.3 Å². The molecule has 0 atom stereocenters. The van der Waals surface area contributed by atoms with Gasteiger partial charge in [-0.05, 0) is 24.3 Å². The van der Waals surface area contributed by atoms with Gasteiger partial charge in [-0.1, -0.05) is 23.7 Å². The fourth-order valence-corrected chi connectivity index (χ4v) is 3.27. The number of halogens is 2. The molecule has 29 heavy (non-hydrogen) atoms. The third-order valence-electron chi connectivity index (χ3n) is 4.62. The Morgan fingerprint density at radius 1 is 1.34 bits per heavy atom. The van der Waals surface area contributed by atoms with Crippen LogP contribution in [0, 0.1) is 5.82 Å². The average molecular weight is 419 g/mol. The highest BCUT2D eigenvalue weighted by Crippen LogP contribution is 2.37. The number of carbonyl (C=O) groups is 2. The van der Waals surface area contributed by atoms with E-state index in [1.54, 1.807) is 37.4 Å². The number of aliphatic hydroxyl groups is 1. The third-order valence-corrected chi connectivity index (χ3v) is 5.01. The number of anilines is 2. The van der Waals surface area contributed by atoms with E-state index >= 15 is 0 Å². The summed E-state index contributed by atoms with van der Waals surface area (Å²) in [6, 6.07) is 8.82. The van der Waals surface area contributed by atoms with Crippen LogP contribution in [0.25, 0.3) is 0 Å². The van der Waals surface area contributed by atoms with Crippen molar-refractivity contribution < 1.29 is 19.1 Å². The van der Waals surface area contributed by atoms with Gasteiger partial charge in [-0.15, -0.1) is 0 Å². The summed E-state index contributed by atoms with van der Waals surface area (Å²) in [5, 5.41) is 11.8. The standard InChI is InChI=1S/C20H20ClFN4O3/c1-25(9-10-27)20(29)24-14-7-8-15-17(18(14)21)19(23-11-16(28)26(15)2)12-5-3-4-6-13(12)22/h3-8,27H,9-11H2,1-2H3,(H,24,29). The van der Waals surface area contributed by atoms with Crippen molar-refractivity contribution >= 4 is 40.6 Å². The molecule has 2 aromatic rings. The molecule has 0 spiro atoms. The molecule has 0 saturated carbocycles. The van der Waals surface area contributed by atoms with Crippen LogP contribution in [-0.4, -0.2) is 61.4 Å². The minimum atomic E-state index is -0.498. The molecule has 9 heteroatoms. The Bertz CT molecular complexity index is 996. The predicted molar refractivity (Wildman–Crippen MR) is 111 cm³/mol. The third kappa shape index (κ3) is 4.08. The van der Waals surface area contributed by atoms with Crippen LogP contribution in [0.15, 0.2) is 41.4 Å². The van der Waals surface area contributed by atoms with Gasteiger partial charge in [0.1, 0.15) is 12.4 Å². The monoisotopic (exact) mass is 418 g/mol. The second kappa shape index (κ2) is 8.59. The van der Waals surface area contributed by atoms with Crippen molar-refractivity contribution in [3.05, 3.63) is 58.4 Å². The number of urea groups is 1. The molecule has 0 bridgehead atoms. The maximum absolute atomic E-state index is 14.5. The molecule has 0 saturated heterocycles. The molecule has 0 aromatic heterocycles. The molecular weight excluding hydrogens is 399 g/mol. The van der Waals surface area contributed by atoms with Gasteiger partial charge in [0.2, 0.25) is 5.91 Å². The van der Waals surface area contributed by atoms with E-state index in [1.807, 2.05) is 0 Å². The number of hydrogen-bond donors (Lipinski definition) is 2. The number of rotatable bonds is 4. The van der Waals surface area contributed by atoms with Crippen LogP contribution in [0.5, 0.6) is 0 Å². The highest BCUT2D eigenvalue weighted by atomic mass is 35.5. The van der Waals surface area contributed by atoms with Gasteiger partial charge in [0.05, 0.1) is 28.7 Å². The van der Waals surface area contributed by atoms with E-state index in [4.69, 9.17) is 16.7 Å². The van der Waals surface area contributed by atoms with E-state index in [1.165, 1.54) is 22.9 Å². The van der Waals surface area contributed by atoms with Crippen LogP contribution >= 0.6 is 11.6 Å². The van der Waals surface area contributed by atoms with Crippen LogP contribution in [0.3, 0.4) is 0 Å². The summed E-state index contributed by atoms with van der Waals surface area (Å²) in [5.41, 5.74) is 1.54. The van der Waals surface area contributed by atoms with Gasteiger partial charge in [0, 0.05) is 31.8 Å². The van der Waals surface area contributed by atoms with Crippen molar-refractivity contribution in [1.82, 2.24) is 4.90 Å². The summed E-state index contributed by atoms with van der Waals surface area (Å²) in [4.78, 5) is 31.7. The summed E-state index contributed by atoms with van der Waals surface area (Å²) < 4.78 is 14.5. The maximum Gasteiger partial charge on any atom is 0.321 e. The van der Waals surface area contributed by atoms with Gasteiger partial charge in [-0.3, -0.25) is 9.79 Å². The highest BCUT2D eigenvalue weighted by molar-refractivity contribution is 6.40. The Morgan fingerprint density at radius 2 is 2.07 bits per heavy atom. The van der Waals surface area contributed by atoms with Crippen molar-refractivity contribution in [1.29, 1.82) is 0 Å². The molecule has 7 nitrogen and oxygen atoms in total. The van der Waals surface area contributed by atoms with Gasteiger partial charge in [0.25, 0.3) is 0 Å². The molecule has 0 fully saturated rings. The van der Waals surface area contributed by atoms with Crippen molar-refractivity contribution in [2.75, 3.05) is 44.0 Å². The number of nitrogens with zero attached hydrogens (tertiary/aromatic N) is 3. The minimum Gasteiger partial charge on any atom is -0.395 e. The molecule has 1 aliphatic heterocycles. The average Bonchev–Trinajstić information content (AvgIpc) is 2.82. The topological polar surface area (TPSA) is 85.2 Å². The lowest BCUT2D eigenvalue weighted by Gasteiger charge is -2.22. The molecule has 2 N–H and O–H groups in total. The molecule has 3 rings (SSSR count). The number of likely N-dealkylation sites (N-methyl/N-ethyl adjacent to an activating group) is 2. The Hall–Kier alpha value is -2.97. The molecule has 3 amide bonds. The number of benzene rings is 2. The highest BCUT2D eigenvalue weighted by Gasteiger charge is 2.28. The van der Waals surface area contributed by atoms with Gasteiger partial charge in [-0.2, -0.15) is 0 Å². The smallest absolute Gasteiger partial charge is 0.321 e. The number of nitrogens with one attached hydrogen (secondary N) is 1. The first-order valence-corrected chi connectivity index (χ1v) is 9.24. The molecule has 152 valence electrons. The Kier molecular flexibility index (Phi) is 6.14. The number of aliphatic imine (C=N–C) groups is 1. The van der Waals surface area contributed by atoms with Crippen molar-refractivity contribution in [3.63, 3.8) is 0 Å². The lowest BCUT2D eigenvalue weighted by atomic mass is 9.99. The molecule has 0 unspecified atom stereocenters. The summed E-state index contributed by atoms with van der Waals surface area (Å²) in [5.74, 6) is -0.768. The fourth-order valence-electron chi connectivity index (χ4n) is 2.97. The molecule has 1 heterocycles. The van der Waals surface area contributed by atoms with Gasteiger partial charge < -0.3 is 20.2 Å². The minimum absolute atomic E-state index is 0.136. The van der Waals surface area contributed by atoms with Crippen LogP contribution in [0.2, 0.25) is 5.02 Å². The van der Waals surface area contributed by atoms with Crippen molar-refractivity contribution in [3.8, 4) is 0 Å². The van der Waals surface area contributed by atoms with E-state index < -0.39 is 11.8 Å². The van der Waals surface area contributed by atoms with Crippen LogP contribution in [-0.2, 0) is 4.79 Å². The quantitative estimate of drug-likeness (QED) is 0.800. The number of hydrogen-bond acceptors (Lipinski definition) is 4. The van der Waals surface area contributed by atoms with Crippen LogP contribution in [0.4, 0.5) is 20.6 Å². The number of benzodiazepines with no additional fused rings is 1. The molecule has 0 aliphatic carbocycles. The summed E-state index contributed by atoms with van der Waals surface area (Å²) >= 11 is 6.61. The van der Waals surface area contributed by atoms with Gasteiger partial charge >= 0.3 is 6.03 Å². The fraction of sp³-hybridized carbons (Fsp3) is 0.250. The first-order valence-electron chi connectivity index (χ1n) is 8.87. The van der Waals surface area contributed by atoms with Gasteiger partial charge in [0.15, 0.2) is 0 Å². The second-order valence-electron chi connectivity index (χ2n) is 6.49. The van der Waals surface area contributed by atoms with Gasteiger partial charge in [-0.25, -0.2) is 9.18 Å². The molecule has 0 radical (unpaired) electrons. The van der Waals surface area contributed by atoms with Crippen LogP contribution < -0.4 is 10.2 Å². The Morgan fingerprint density at radius 3 is 2.76 bits per heavy atom. The number of carbonyl (C=O) groups excluding carboxylic acids is 2. The Balaban J connectivity index is 2.13. The lowest BCUT2D eigenvalue weighted by molar-refractivity contribution is -0.116. The maximum atomic E-state index is 14.5. The van der Waals surface area contributed by atoms with Crippen LogP contribution in [0.1, 0.15) is 11.1 Å². The normalized spacial score (nSPS) is 13.5. The van der Waals surface area contributed by atoms with Crippen molar-refractivity contribution in [2.45, 2.75) is 0 Å². The molecular formula is C20H20ClFN4O3. The summed E-state index contributed by atoms with van der Waals surface area (Å²) in [6.45, 7) is -0.196. The predicted octanol–water partition coefficient (Wildman–Crippen LogP) is 2.75. The Labute approximate surface area is 172 Å².